The molecule has 0 aliphatic carbocycles. The molecular weight excluding hydrogens is 524 g/mol. The molecule has 1 rings (SSSR count). The zero-order chi connectivity index (χ0) is 26.0. The lowest BCUT2D eigenvalue weighted by atomic mass is 10.1. The van der Waals surface area contributed by atoms with Gasteiger partial charge >= 0.3 is 5.97 Å². The molecule has 0 saturated heterocycles. The molecule has 0 bridgehead atoms. The molecule has 1 aromatic rings. The van der Waals surface area contributed by atoms with Crippen LogP contribution in [0.2, 0.25) is 0 Å². The zero-order valence-corrected chi connectivity index (χ0v) is 20.5. The largest absolute Gasteiger partial charge is 0.493 e. The van der Waals surface area contributed by atoms with Crippen LogP contribution in [0.15, 0.2) is 12.1 Å². The predicted octanol–water partition coefficient (Wildman–Crippen LogP) is 0.443. The Morgan fingerprint density at radius 3 is 1.38 bits per heavy atom. The Morgan fingerprint density at radius 1 is 0.706 bits per heavy atom. The fourth-order valence-corrected chi connectivity index (χ4v) is 3.91. The maximum absolute atomic E-state index is 12.3. The van der Waals surface area contributed by atoms with Gasteiger partial charge in [0.25, 0.3) is 30.4 Å². The average Bonchev–Trinajstić information content (AvgIpc) is 2.69. The number of carbonyl (C=O) groups is 1. The molecular formula is C17H26O14S3. The molecule has 0 radical (unpaired) electrons. The van der Waals surface area contributed by atoms with Gasteiger partial charge in [-0.25, -0.2) is 4.79 Å². The third kappa shape index (κ3) is 12.9. The summed E-state index contributed by atoms with van der Waals surface area (Å²) in [6.45, 7) is -0.669. The van der Waals surface area contributed by atoms with Crippen molar-refractivity contribution in [1.82, 2.24) is 0 Å². The van der Waals surface area contributed by atoms with E-state index in [1.807, 2.05) is 0 Å². The van der Waals surface area contributed by atoms with Gasteiger partial charge in [-0.15, -0.1) is 0 Å². The molecule has 34 heavy (non-hydrogen) atoms. The van der Waals surface area contributed by atoms with Crippen molar-refractivity contribution in [3.05, 3.63) is 17.7 Å². The van der Waals surface area contributed by atoms with Crippen molar-refractivity contribution in [3.63, 3.8) is 0 Å². The molecule has 3 N–H and O–H groups in total. The number of ether oxygens (including phenoxy) is 4. The van der Waals surface area contributed by atoms with E-state index in [0.717, 1.165) is 7.11 Å². The molecule has 196 valence electrons. The maximum Gasteiger partial charge on any atom is 0.345 e. The fraction of sp³-hybridized carbons (Fsp3) is 0.588. The van der Waals surface area contributed by atoms with Gasteiger partial charge in [-0.05, 0) is 19.3 Å². The van der Waals surface area contributed by atoms with Crippen molar-refractivity contribution in [2.45, 2.75) is 19.3 Å². The first kappa shape index (κ1) is 29.9. The number of benzene rings is 1. The van der Waals surface area contributed by atoms with Gasteiger partial charge in [-0.1, -0.05) is 0 Å². The summed E-state index contributed by atoms with van der Waals surface area (Å²) in [7, 11) is -11.6. The van der Waals surface area contributed by atoms with Crippen LogP contribution < -0.4 is 14.2 Å². The van der Waals surface area contributed by atoms with E-state index in [-0.39, 0.29) is 61.9 Å². The number of hydrogen-bond donors (Lipinski definition) is 3. The van der Waals surface area contributed by atoms with Crippen LogP contribution in [0.5, 0.6) is 17.2 Å². The molecule has 0 spiro atoms. The van der Waals surface area contributed by atoms with Gasteiger partial charge in [0.2, 0.25) is 0 Å². The minimum atomic E-state index is -4.24. The first-order chi connectivity index (χ1) is 15.6. The zero-order valence-electron chi connectivity index (χ0n) is 18.1. The lowest BCUT2D eigenvalue weighted by Gasteiger charge is -2.17. The van der Waals surface area contributed by atoms with Gasteiger partial charge in [-0.2, -0.15) is 25.3 Å². The second kappa shape index (κ2) is 13.1. The van der Waals surface area contributed by atoms with E-state index >= 15 is 0 Å². The summed E-state index contributed by atoms with van der Waals surface area (Å²) in [5.74, 6) is -2.95. The highest BCUT2D eigenvalue weighted by molar-refractivity contribution is 7.86. The van der Waals surface area contributed by atoms with Crippen molar-refractivity contribution in [1.29, 1.82) is 0 Å². The second-order valence-corrected chi connectivity index (χ2v) is 11.5. The van der Waals surface area contributed by atoms with Gasteiger partial charge in [0.15, 0.2) is 0 Å². The smallest absolute Gasteiger partial charge is 0.345 e. The molecule has 0 aliphatic heterocycles. The van der Waals surface area contributed by atoms with Gasteiger partial charge < -0.3 is 18.9 Å². The molecule has 1 aromatic carbocycles. The van der Waals surface area contributed by atoms with Crippen molar-refractivity contribution < 1.29 is 62.7 Å². The molecule has 0 atom stereocenters. The Balaban J connectivity index is 3.14. The summed E-state index contributed by atoms with van der Waals surface area (Å²) in [6.07, 6.45) is -0.348. The van der Waals surface area contributed by atoms with Crippen LogP contribution in [0, 0.1) is 0 Å². The Labute approximate surface area is 197 Å². The first-order valence-corrected chi connectivity index (χ1v) is 14.4. The molecule has 14 nitrogen and oxygen atoms in total. The number of esters is 1. The van der Waals surface area contributed by atoms with Gasteiger partial charge in [-0.3, -0.25) is 13.7 Å². The second-order valence-electron chi connectivity index (χ2n) is 6.75. The highest BCUT2D eigenvalue weighted by atomic mass is 32.2. The molecule has 0 aromatic heterocycles. The monoisotopic (exact) mass is 550 g/mol. The summed E-state index contributed by atoms with van der Waals surface area (Å²) in [6, 6.07) is 2.47. The van der Waals surface area contributed by atoms with Crippen LogP contribution in [0.3, 0.4) is 0 Å². The van der Waals surface area contributed by atoms with E-state index in [0.29, 0.717) is 0 Å². The number of rotatable bonds is 16. The van der Waals surface area contributed by atoms with Crippen molar-refractivity contribution in [2.75, 3.05) is 44.2 Å². The SMILES string of the molecule is COC(=O)c1c(OCCCS(=O)(=O)O)cc(OCCCS(=O)(=O)O)cc1OCCCS(=O)(=O)O. The van der Waals surface area contributed by atoms with Crippen molar-refractivity contribution >= 4 is 36.3 Å². The Kier molecular flexibility index (Phi) is 11.5. The standard InChI is InChI=1S/C17H26O14S3/c1-28-17(18)16-14(30-6-3-9-33(22,23)24)11-13(29-5-2-8-32(19,20)21)12-15(16)31-7-4-10-34(25,26)27/h11-12H,2-10H2,1H3,(H,19,20,21)(H,22,23,24)(H,25,26,27). The molecule has 0 aliphatic rings. The molecule has 0 unspecified atom stereocenters. The summed E-state index contributed by atoms with van der Waals surface area (Å²) >= 11 is 0. The summed E-state index contributed by atoms with van der Waals surface area (Å²) < 4.78 is 113. The van der Waals surface area contributed by atoms with E-state index < -0.39 is 53.6 Å². The summed E-state index contributed by atoms with van der Waals surface area (Å²) in [5, 5.41) is 0. The average molecular weight is 551 g/mol. The molecule has 17 heteroatoms. The van der Waals surface area contributed by atoms with Crippen LogP contribution in [-0.2, 0) is 35.1 Å². The van der Waals surface area contributed by atoms with Crippen LogP contribution in [0.1, 0.15) is 29.6 Å². The van der Waals surface area contributed by atoms with E-state index in [4.69, 9.17) is 32.6 Å². The highest BCUT2D eigenvalue weighted by Crippen LogP contribution is 2.35. The Morgan fingerprint density at radius 2 is 1.06 bits per heavy atom. The molecule has 0 heterocycles. The summed E-state index contributed by atoms with van der Waals surface area (Å²) in [4.78, 5) is 12.3. The Hall–Kier alpha value is -2.18. The van der Waals surface area contributed by atoms with Crippen molar-refractivity contribution in [3.8, 4) is 17.2 Å². The third-order valence-electron chi connectivity index (χ3n) is 3.85. The molecule has 0 amide bonds. The van der Waals surface area contributed by atoms with E-state index in [9.17, 15) is 30.0 Å². The van der Waals surface area contributed by atoms with E-state index in [1.165, 1.54) is 12.1 Å². The highest BCUT2D eigenvalue weighted by Gasteiger charge is 2.23. The van der Waals surface area contributed by atoms with Crippen LogP contribution in [0.25, 0.3) is 0 Å². The Bertz CT molecular complexity index is 1080. The van der Waals surface area contributed by atoms with E-state index in [1.54, 1.807) is 0 Å². The minimum Gasteiger partial charge on any atom is -0.493 e. The predicted molar refractivity (Wildman–Crippen MR) is 117 cm³/mol. The van der Waals surface area contributed by atoms with Crippen LogP contribution in [-0.4, -0.2) is 89.1 Å². The normalized spacial score (nSPS) is 12.2. The lowest BCUT2D eigenvalue weighted by molar-refractivity contribution is 0.0590. The van der Waals surface area contributed by atoms with E-state index in [2.05, 4.69) is 0 Å². The topological polar surface area (TPSA) is 217 Å². The van der Waals surface area contributed by atoms with Crippen molar-refractivity contribution in [2.24, 2.45) is 0 Å². The lowest BCUT2D eigenvalue weighted by Crippen LogP contribution is -2.14. The quantitative estimate of drug-likeness (QED) is 0.145. The minimum absolute atomic E-state index is 0.0394. The van der Waals surface area contributed by atoms with Crippen LogP contribution in [0.4, 0.5) is 0 Å². The van der Waals surface area contributed by atoms with Gasteiger partial charge in [0, 0.05) is 12.1 Å². The summed E-state index contributed by atoms with van der Waals surface area (Å²) in [5.41, 5.74) is -0.230. The maximum atomic E-state index is 12.3. The first-order valence-electron chi connectivity index (χ1n) is 9.61. The number of carbonyl (C=O) groups excluding carboxylic acids is 1. The number of methoxy groups -OCH3 is 1. The molecule has 0 fully saturated rings. The fourth-order valence-electron chi connectivity index (χ4n) is 2.46. The molecule has 0 saturated carbocycles. The van der Waals surface area contributed by atoms with Gasteiger partial charge in [0.1, 0.15) is 22.8 Å². The third-order valence-corrected chi connectivity index (χ3v) is 6.27. The van der Waals surface area contributed by atoms with Crippen LogP contribution >= 0.6 is 0 Å². The number of hydrogen-bond acceptors (Lipinski definition) is 11. The van der Waals surface area contributed by atoms with Gasteiger partial charge in [0.05, 0.1) is 44.2 Å².